The van der Waals surface area contributed by atoms with Crippen LogP contribution in [-0.2, 0) is 11.2 Å². The molecule has 0 aliphatic heterocycles. The fraction of sp³-hybridized carbons (Fsp3) is 0.400. The van der Waals surface area contributed by atoms with Gasteiger partial charge in [-0.1, -0.05) is 18.2 Å². The Morgan fingerprint density at radius 1 is 1.37 bits per heavy atom. The Morgan fingerprint density at radius 2 is 2.05 bits per heavy atom. The van der Waals surface area contributed by atoms with Crippen LogP contribution in [0.2, 0.25) is 0 Å². The van der Waals surface area contributed by atoms with E-state index in [0.29, 0.717) is 6.42 Å². The summed E-state index contributed by atoms with van der Waals surface area (Å²) >= 11 is 0. The third-order valence-corrected chi connectivity index (χ3v) is 3.69. The van der Waals surface area contributed by atoms with Crippen molar-refractivity contribution in [2.75, 3.05) is 13.7 Å². The van der Waals surface area contributed by atoms with E-state index in [1.165, 1.54) is 0 Å². The second-order valence-corrected chi connectivity index (χ2v) is 5.46. The Labute approximate surface area is 113 Å². The van der Waals surface area contributed by atoms with E-state index in [1.807, 2.05) is 44.3 Å². The average Bonchev–Trinajstić information content (AvgIpc) is 2.81. The number of aliphatic hydroxyl groups excluding tert-OH is 1. The number of rotatable bonds is 4. The standard InChI is InChI=1S/C15H20N2O2/c1-15(2,10-18)17(3)14(19)8-11-9-16-13-7-5-4-6-12(11)13/h4-7,9,16,18H,8,10H2,1-3H3. The van der Waals surface area contributed by atoms with Gasteiger partial charge in [0.15, 0.2) is 0 Å². The smallest absolute Gasteiger partial charge is 0.227 e. The fourth-order valence-electron chi connectivity index (χ4n) is 2.00. The van der Waals surface area contributed by atoms with Crippen LogP contribution < -0.4 is 0 Å². The van der Waals surface area contributed by atoms with Gasteiger partial charge >= 0.3 is 0 Å². The van der Waals surface area contributed by atoms with E-state index in [4.69, 9.17) is 0 Å². The van der Waals surface area contributed by atoms with Crippen molar-refractivity contribution in [3.05, 3.63) is 36.0 Å². The van der Waals surface area contributed by atoms with Crippen molar-refractivity contribution in [3.8, 4) is 0 Å². The van der Waals surface area contributed by atoms with Crippen molar-refractivity contribution >= 4 is 16.8 Å². The highest BCUT2D eigenvalue weighted by Crippen LogP contribution is 2.20. The molecule has 0 fully saturated rings. The quantitative estimate of drug-likeness (QED) is 0.882. The molecule has 1 heterocycles. The van der Waals surface area contributed by atoms with Gasteiger partial charge in [0.05, 0.1) is 18.6 Å². The summed E-state index contributed by atoms with van der Waals surface area (Å²) in [7, 11) is 1.73. The molecule has 2 aromatic rings. The topological polar surface area (TPSA) is 56.3 Å². The molecule has 2 rings (SSSR count). The number of aromatic amines is 1. The summed E-state index contributed by atoms with van der Waals surface area (Å²) < 4.78 is 0. The van der Waals surface area contributed by atoms with Crippen LogP contribution in [-0.4, -0.2) is 40.1 Å². The van der Waals surface area contributed by atoms with E-state index >= 15 is 0 Å². The van der Waals surface area contributed by atoms with Gasteiger partial charge in [0.1, 0.15) is 0 Å². The molecule has 19 heavy (non-hydrogen) atoms. The molecule has 1 amide bonds. The van der Waals surface area contributed by atoms with E-state index in [2.05, 4.69) is 4.98 Å². The van der Waals surface area contributed by atoms with E-state index in [-0.39, 0.29) is 12.5 Å². The van der Waals surface area contributed by atoms with Crippen LogP contribution in [0.3, 0.4) is 0 Å². The summed E-state index contributed by atoms with van der Waals surface area (Å²) in [5.41, 5.74) is 1.49. The lowest BCUT2D eigenvalue weighted by Gasteiger charge is -2.34. The second kappa shape index (κ2) is 5.05. The van der Waals surface area contributed by atoms with Crippen LogP contribution in [0, 0.1) is 0 Å². The summed E-state index contributed by atoms with van der Waals surface area (Å²) in [4.78, 5) is 17.0. The predicted molar refractivity (Wildman–Crippen MR) is 75.9 cm³/mol. The van der Waals surface area contributed by atoms with Gasteiger partial charge in [0, 0.05) is 24.1 Å². The van der Waals surface area contributed by atoms with E-state index < -0.39 is 5.54 Å². The molecule has 4 heteroatoms. The third-order valence-electron chi connectivity index (χ3n) is 3.69. The molecule has 0 unspecified atom stereocenters. The monoisotopic (exact) mass is 260 g/mol. The zero-order valence-electron chi connectivity index (χ0n) is 11.6. The molecule has 2 N–H and O–H groups in total. The number of carbonyl (C=O) groups is 1. The number of benzene rings is 1. The van der Waals surface area contributed by atoms with Gasteiger partial charge in [0.2, 0.25) is 5.91 Å². The molecule has 0 radical (unpaired) electrons. The molecule has 0 spiro atoms. The number of nitrogens with one attached hydrogen (secondary N) is 1. The van der Waals surface area contributed by atoms with Crippen molar-refractivity contribution in [2.45, 2.75) is 25.8 Å². The first-order valence-electron chi connectivity index (χ1n) is 6.38. The third kappa shape index (κ3) is 2.63. The summed E-state index contributed by atoms with van der Waals surface area (Å²) in [6.45, 7) is 3.64. The number of nitrogens with zero attached hydrogens (tertiary/aromatic N) is 1. The van der Waals surface area contributed by atoms with Gasteiger partial charge in [-0.05, 0) is 25.5 Å². The SMILES string of the molecule is CN(C(=O)Cc1c[nH]c2ccccc12)C(C)(C)CO. The summed E-state index contributed by atoms with van der Waals surface area (Å²) in [6, 6.07) is 7.92. The Morgan fingerprint density at radius 3 is 2.74 bits per heavy atom. The van der Waals surface area contributed by atoms with Gasteiger partial charge in [0.25, 0.3) is 0 Å². The predicted octanol–water partition coefficient (Wildman–Crippen LogP) is 1.94. The van der Waals surface area contributed by atoms with Crippen LogP contribution in [0.4, 0.5) is 0 Å². The molecular weight excluding hydrogens is 240 g/mol. The molecule has 0 atom stereocenters. The lowest BCUT2D eigenvalue weighted by atomic mass is 10.0. The lowest BCUT2D eigenvalue weighted by molar-refractivity contribution is -0.135. The molecule has 102 valence electrons. The highest BCUT2D eigenvalue weighted by molar-refractivity contribution is 5.89. The maximum absolute atomic E-state index is 12.3. The second-order valence-electron chi connectivity index (χ2n) is 5.46. The zero-order chi connectivity index (χ0) is 14.0. The first-order chi connectivity index (χ1) is 8.95. The Balaban J connectivity index is 2.20. The summed E-state index contributed by atoms with van der Waals surface area (Å²) in [6.07, 6.45) is 2.21. The van der Waals surface area contributed by atoms with Crippen LogP contribution >= 0.6 is 0 Å². The number of aliphatic hydroxyl groups is 1. The first kappa shape index (κ1) is 13.6. The molecule has 4 nitrogen and oxygen atoms in total. The maximum Gasteiger partial charge on any atom is 0.227 e. The highest BCUT2D eigenvalue weighted by atomic mass is 16.3. The molecule has 0 aliphatic rings. The number of likely N-dealkylation sites (N-methyl/N-ethyl adjacent to an activating group) is 1. The van der Waals surface area contributed by atoms with E-state index in [9.17, 15) is 9.90 Å². The normalized spacial score (nSPS) is 11.8. The number of amides is 1. The van der Waals surface area contributed by atoms with Gasteiger partial charge < -0.3 is 15.0 Å². The Hall–Kier alpha value is -1.81. The van der Waals surface area contributed by atoms with Crippen molar-refractivity contribution in [1.82, 2.24) is 9.88 Å². The van der Waals surface area contributed by atoms with E-state index in [1.54, 1.807) is 11.9 Å². The van der Waals surface area contributed by atoms with Crippen LogP contribution in [0.5, 0.6) is 0 Å². The fourth-order valence-corrected chi connectivity index (χ4v) is 2.00. The minimum absolute atomic E-state index is 0.00352. The number of hydrogen-bond donors (Lipinski definition) is 2. The molecule has 1 aromatic heterocycles. The number of H-pyrrole nitrogens is 1. The zero-order valence-corrected chi connectivity index (χ0v) is 11.6. The van der Waals surface area contributed by atoms with Gasteiger partial charge in [-0.3, -0.25) is 4.79 Å². The number of hydrogen-bond acceptors (Lipinski definition) is 2. The highest BCUT2D eigenvalue weighted by Gasteiger charge is 2.26. The van der Waals surface area contributed by atoms with Crippen LogP contribution in [0.1, 0.15) is 19.4 Å². The number of fused-ring (bicyclic) bond motifs is 1. The number of para-hydroxylation sites is 1. The van der Waals surface area contributed by atoms with Gasteiger partial charge in [-0.15, -0.1) is 0 Å². The lowest BCUT2D eigenvalue weighted by Crippen LogP contribution is -2.48. The largest absolute Gasteiger partial charge is 0.394 e. The molecular formula is C15H20N2O2. The van der Waals surface area contributed by atoms with Crippen LogP contribution in [0.25, 0.3) is 10.9 Å². The molecule has 0 bridgehead atoms. The van der Waals surface area contributed by atoms with Gasteiger partial charge in [-0.25, -0.2) is 0 Å². The summed E-state index contributed by atoms with van der Waals surface area (Å²) in [5.74, 6) is 0.00352. The van der Waals surface area contributed by atoms with E-state index in [0.717, 1.165) is 16.5 Å². The number of carbonyl (C=O) groups excluding carboxylic acids is 1. The van der Waals surface area contributed by atoms with Crippen molar-refractivity contribution in [2.24, 2.45) is 0 Å². The van der Waals surface area contributed by atoms with Crippen molar-refractivity contribution in [3.63, 3.8) is 0 Å². The minimum Gasteiger partial charge on any atom is -0.394 e. The minimum atomic E-state index is -0.538. The average molecular weight is 260 g/mol. The Bertz CT molecular complexity index is 587. The first-order valence-corrected chi connectivity index (χ1v) is 6.38. The molecule has 0 aliphatic carbocycles. The Kier molecular flexibility index (Phi) is 3.62. The maximum atomic E-state index is 12.3. The molecule has 1 aromatic carbocycles. The number of aromatic nitrogens is 1. The van der Waals surface area contributed by atoms with Gasteiger partial charge in [-0.2, -0.15) is 0 Å². The molecule has 0 saturated heterocycles. The molecule has 0 saturated carbocycles. The summed E-state index contributed by atoms with van der Waals surface area (Å²) in [5, 5.41) is 10.4. The van der Waals surface area contributed by atoms with Crippen molar-refractivity contribution in [1.29, 1.82) is 0 Å². The van der Waals surface area contributed by atoms with Crippen LogP contribution in [0.15, 0.2) is 30.5 Å². The van der Waals surface area contributed by atoms with Crippen molar-refractivity contribution < 1.29 is 9.90 Å².